The van der Waals surface area contributed by atoms with Crippen molar-refractivity contribution >= 4 is 40.0 Å². The van der Waals surface area contributed by atoms with Gasteiger partial charge in [-0.1, -0.05) is 41.4 Å². The van der Waals surface area contributed by atoms with Crippen LogP contribution in [0.2, 0.25) is 10.0 Å². The summed E-state index contributed by atoms with van der Waals surface area (Å²) in [6.45, 7) is 2.48. The molecule has 1 aromatic heterocycles. The van der Waals surface area contributed by atoms with Gasteiger partial charge in [0.15, 0.2) is 0 Å². The summed E-state index contributed by atoms with van der Waals surface area (Å²) >= 11 is 11.9. The molecule has 5 nitrogen and oxygen atoms in total. The van der Waals surface area contributed by atoms with E-state index in [-0.39, 0.29) is 24.4 Å². The molecule has 7 heteroatoms. The molecule has 0 unspecified atom stereocenters. The van der Waals surface area contributed by atoms with Crippen molar-refractivity contribution in [3.63, 3.8) is 0 Å². The van der Waals surface area contributed by atoms with E-state index in [1.54, 1.807) is 24.3 Å². The highest BCUT2D eigenvalue weighted by Crippen LogP contribution is 2.20. The van der Waals surface area contributed by atoms with Crippen LogP contribution in [0.3, 0.4) is 0 Å². The van der Waals surface area contributed by atoms with E-state index in [0.29, 0.717) is 27.5 Å². The van der Waals surface area contributed by atoms with Crippen molar-refractivity contribution in [3.8, 4) is 0 Å². The predicted octanol–water partition coefficient (Wildman–Crippen LogP) is 3.72. The van der Waals surface area contributed by atoms with Crippen LogP contribution in [0.25, 0.3) is 10.9 Å². The fourth-order valence-electron chi connectivity index (χ4n) is 2.67. The number of rotatable bonds is 5. The van der Waals surface area contributed by atoms with Gasteiger partial charge in [-0.05, 0) is 36.2 Å². The van der Waals surface area contributed by atoms with Crippen molar-refractivity contribution in [1.82, 2.24) is 14.9 Å². The normalized spacial score (nSPS) is 10.9. The first-order valence-corrected chi connectivity index (χ1v) is 8.86. The van der Waals surface area contributed by atoms with Crippen LogP contribution in [0, 0.1) is 6.92 Å². The maximum absolute atomic E-state index is 12.5. The average Bonchev–Trinajstić information content (AvgIpc) is 2.61. The second kappa shape index (κ2) is 7.89. The highest BCUT2D eigenvalue weighted by atomic mass is 35.5. The number of nitrogens with zero attached hydrogens (tertiary/aromatic N) is 2. The van der Waals surface area contributed by atoms with Gasteiger partial charge in [0.05, 0.1) is 17.2 Å². The third-order valence-electron chi connectivity index (χ3n) is 4.13. The lowest BCUT2D eigenvalue weighted by Gasteiger charge is -2.09. The molecule has 3 rings (SSSR count). The Morgan fingerprint density at radius 2 is 2.04 bits per heavy atom. The number of amides is 1. The maximum Gasteiger partial charge on any atom is 0.261 e. The van der Waals surface area contributed by atoms with Crippen molar-refractivity contribution in [2.45, 2.75) is 26.4 Å². The second-order valence-electron chi connectivity index (χ2n) is 5.98. The van der Waals surface area contributed by atoms with Crippen molar-refractivity contribution in [2.24, 2.45) is 0 Å². The number of hydrogen-bond donors (Lipinski definition) is 1. The molecule has 1 heterocycles. The summed E-state index contributed by atoms with van der Waals surface area (Å²) in [4.78, 5) is 28.9. The molecule has 0 aliphatic heterocycles. The molecule has 0 fully saturated rings. The minimum Gasteiger partial charge on any atom is -0.352 e. The molecule has 1 amide bonds. The zero-order valence-electron chi connectivity index (χ0n) is 14.1. The molecular formula is C19H17Cl2N3O2. The van der Waals surface area contributed by atoms with Gasteiger partial charge in [0.25, 0.3) is 5.56 Å². The molecule has 134 valence electrons. The summed E-state index contributed by atoms with van der Waals surface area (Å²) in [6.07, 6.45) is 1.66. The molecule has 0 aliphatic rings. The molecular weight excluding hydrogens is 373 g/mol. The fourth-order valence-corrected chi connectivity index (χ4v) is 3.14. The van der Waals surface area contributed by atoms with Gasteiger partial charge in [-0.3, -0.25) is 14.2 Å². The fraction of sp³-hybridized carbons (Fsp3) is 0.211. The third kappa shape index (κ3) is 4.06. The van der Waals surface area contributed by atoms with Gasteiger partial charge in [-0.2, -0.15) is 0 Å². The van der Waals surface area contributed by atoms with Gasteiger partial charge in [-0.15, -0.1) is 0 Å². The lowest BCUT2D eigenvalue weighted by molar-refractivity contribution is -0.121. The van der Waals surface area contributed by atoms with Gasteiger partial charge in [0.2, 0.25) is 5.91 Å². The summed E-state index contributed by atoms with van der Waals surface area (Å²) < 4.78 is 1.45. The topological polar surface area (TPSA) is 64.0 Å². The number of aryl methyl sites for hydroxylation is 2. The van der Waals surface area contributed by atoms with Crippen LogP contribution in [-0.4, -0.2) is 15.5 Å². The average molecular weight is 390 g/mol. The Morgan fingerprint density at radius 1 is 1.23 bits per heavy atom. The van der Waals surface area contributed by atoms with Gasteiger partial charge in [0, 0.05) is 29.6 Å². The molecule has 0 aliphatic carbocycles. The summed E-state index contributed by atoms with van der Waals surface area (Å²) in [5.41, 5.74) is 2.27. The molecule has 2 aromatic carbocycles. The van der Waals surface area contributed by atoms with Gasteiger partial charge in [0.1, 0.15) is 0 Å². The highest BCUT2D eigenvalue weighted by Gasteiger charge is 2.09. The van der Waals surface area contributed by atoms with E-state index in [1.807, 2.05) is 19.1 Å². The number of carbonyl (C=O) groups is 1. The van der Waals surface area contributed by atoms with Gasteiger partial charge >= 0.3 is 0 Å². The van der Waals surface area contributed by atoms with E-state index in [2.05, 4.69) is 10.3 Å². The van der Waals surface area contributed by atoms with Crippen molar-refractivity contribution in [2.75, 3.05) is 0 Å². The first-order chi connectivity index (χ1) is 12.5. The van der Waals surface area contributed by atoms with Crippen LogP contribution in [0.4, 0.5) is 0 Å². The Labute approximate surface area is 160 Å². The second-order valence-corrected chi connectivity index (χ2v) is 6.82. The molecule has 1 N–H and O–H groups in total. The molecule has 0 spiro atoms. The zero-order chi connectivity index (χ0) is 18.7. The molecule has 0 saturated heterocycles. The number of halogens is 2. The number of fused-ring (bicyclic) bond motifs is 1. The minimum atomic E-state index is -0.174. The van der Waals surface area contributed by atoms with Crippen molar-refractivity contribution in [3.05, 3.63) is 74.3 Å². The summed E-state index contributed by atoms with van der Waals surface area (Å²) in [6, 6.07) is 10.6. The highest BCUT2D eigenvalue weighted by molar-refractivity contribution is 6.35. The van der Waals surface area contributed by atoms with Crippen LogP contribution in [0.15, 0.2) is 47.5 Å². The monoisotopic (exact) mass is 389 g/mol. The van der Waals surface area contributed by atoms with Crippen LogP contribution < -0.4 is 10.9 Å². The minimum absolute atomic E-state index is 0.146. The summed E-state index contributed by atoms with van der Waals surface area (Å²) in [7, 11) is 0. The Morgan fingerprint density at radius 3 is 2.81 bits per heavy atom. The maximum atomic E-state index is 12.5. The lowest BCUT2D eigenvalue weighted by Crippen LogP contribution is -2.27. The van der Waals surface area contributed by atoms with Gasteiger partial charge in [-0.25, -0.2) is 4.98 Å². The van der Waals surface area contributed by atoms with Crippen LogP contribution >= 0.6 is 23.2 Å². The summed E-state index contributed by atoms with van der Waals surface area (Å²) in [5.74, 6) is -0.174. The molecule has 0 bridgehead atoms. The zero-order valence-corrected chi connectivity index (χ0v) is 15.6. The lowest BCUT2D eigenvalue weighted by atomic mass is 10.1. The standard InChI is InChI=1S/C19H17Cl2N3O2/c1-12-3-2-4-15-18(12)23-11-24(19(15)26)8-7-17(25)22-10-13-5-6-14(20)9-16(13)21/h2-6,9,11H,7-8,10H2,1H3,(H,22,25). The Kier molecular flexibility index (Phi) is 5.59. The Hall–Kier alpha value is -2.37. The van der Waals surface area contributed by atoms with E-state index in [0.717, 1.165) is 11.1 Å². The largest absolute Gasteiger partial charge is 0.352 e. The van der Waals surface area contributed by atoms with E-state index >= 15 is 0 Å². The number of hydrogen-bond acceptors (Lipinski definition) is 3. The Bertz CT molecular complexity index is 1030. The molecule has 26 heavy (non-hydrogen) atoms. The number of para-hydroxylation sites is 1. The smallest absolute Gasteiger partial charge is 0.261 e. The SMILES string of the molecule is Cc1cccc2c(=O)n(CCC(=O)NCc3ccc(Cl)cc3Cl)cnc12. The van der Waals surface area contributed by atoms with E-state index in [1.165, 1.54) is 10.9 Å². The third-order valence-corrected chi connectivity index (χ3v) is 4.71. The predicted molar refractivity (Wildman–Crippen MR) is 104 cm³/mol. The number of benzene rings is 2. The van der Waals surface area contributed by atoms with Crippen LogP contribution in [0.1, 0.15) is 17.5 Å². The van der Waals surface area contributed by atoms with E-state index < -0.39 is 0 Å². The van der Waals surface area contributed by atoms with Crippen molar-refractivity contribution < 1.29 is 4.79 Å². The van der Waals surface area contributed by atoms with Crippen LogP contribution in [0.5, 0.6) is 0 Å². The quantitative estimate of drug-likeness (QED) is 0.722. The number of nitrogens with one attached hydrogen (secondary N) is 1. The van der Waals surface area contributed by atoms with E-state index in [9.17, 15) is 9.59 Å². The van der Waals surface area contributed by atoms with E-state index in [4.69, 9.17) is 23.2 Å². The molecule has 0 radical (unpaired) electrons. The number of aromatic nitrogens is 2. The van der Waals surface area contributed by atoms with Crippen molar-refractivity contribution in [1.29, 1.82) is 0 Å². The first-order valence-electron chi connectivity index (χ1n) is 8.11. The molecule has 3 aromatic rings. The first kappa shape index (κ1) is 18.4. The molecule has 0 saturated carbocycles. The van der Waals surface area contributed by atoms with Gasteiger partial charge < -0.3 is 5.32 Å². The summed E-state index contributed by atoms with van der Waals surface area (Å²) in [5, 5.41) is 4.40. The van der Waals surface area contributed by atoms with Crippen LogP contribution in [-0.2, 0) is 17.9 Å². The Balaban J connectivity index is 1.63. The molecule has 0 atom stereocenters. The number of carbonyl (C=O) groups excluding carboxylic acids is 1.